The smallest absolute Gasteiger partial charge is 0.0486 e. The topological polar surface area (TPSA) is 49.5 Å². The van der Waals surface area contributed by atoms with Crippen molar-refractivity contribution in [2.24, 2.45) is 17.6 Å². The summed E-state index contributed by atoms with van der Waals surface area (Å²) in [5.74, 6) is 0.723. The highest BCUT2D eigenvalue weighted by atomic mass is 16.3. The van der Waals surface area contributed by atoms with Crippen LogP contribution in [0.2, 0.25) is 0 Å². The lowest BCUT2D eigenvalue weighted by Crippen LogP contribution is -2.44. The summed E-state index contributed by atoms with van der Waals surface area (Å²) >= 11 is 0. The third-order valence-electron chi connectivity index (χ3n) is 2.30. The molecule has 74 valence electrons. The predicted octanol–water partition coefficient (Wildman–Crippen LogP) is 0.140. The van der Waals surface area contributed by atoms with E-state index in [0.29, 0.717) is 18.5 Å². The fourth-order valence-electron chi connectivity index (χ4n) is 1.88. The Morgan fingerprint density at radius 3 is 1.92 bits per heavy atom. The highest BCUT2D eigenvalue weighted by molar-refractivity contribution is 4.79. The van der Waals surface area contributed by atoms with Gasteiger partial charge in [0.2, 0.25) is 0 Å². The molecule has 0 saturated heterocycles. The molecular formula is C9H22N2O. The molecular weight excluding hydrogens is 152 g/mol. The summed E-state index contributed by atoms with van der Waals surface area (Å²) in [6, 6.07) is 0.375. The Balaban J connectivity index is 4.26. The first-order valence-corrected chi connectivity index (χ1v) is 4.51. The highest BCUT2D eigenvalue weighted by Crippen LogP contribution is 2.16. The van der Waals surface area contributed by atoms with Crippen molar-refractivity contribution in [3.63, 3.8) is 0 Å². The minimum atomic E-state index is 0.178. The third kappa shape index (κ3) is 3.09. The van der Waals surface area contributed by atoms with Crippen LogP contribution < -0.4 is 5.73 Å². The third-order valence-corrected chi connectivity index (χ3v) is 2.30. The molecule has 0 bridgehead atoms. The van der Waals surface area contributed by atoms with Crippen LogP contribution in [0, 0.1) is 11.8 Å². The monoisotopic (exact) mass is 174 g/mol. The van der Waals surface area contributed by atoms with E-state index in [9.17, 15) is 0 Å². The predicted molar refractivity (Wildman–Crippen MR) is 51.9 cm³/mol. The molecule has 0 aliphatic carbocycles. The largest absolute Gasteiger partial charge is 0.396 e. The fraction of sp³-hybridized carbons (Fsp3) is 1.00. The number of aliphatic hydroxyl groups excluding tert-OH is 1. The van der Waals surface area contributed by atoms with Crippen molar-refractivity contribution >= 4 is 0 Å². The quantitative estimate of drug-likeness (QED) is 0.623. The summed E-state index contributed by atoms with van der Waals surface area (Å²) < 4.78 is 0. The molecule has 0 amide bonds. The van der Waals surface area contributed by atoms with Crippen LogP contribution in [0.1, 0.15) is 13.8 Å². The van der Waals surface area contributed by atoms with Gasteiger partial charge < -0.3 is 15.7 Å². The molecule has 0 heterocycles. The van der Waals surface area contributed by atoms with Gasteiger partial charge in [0.1, 0.15) is 0 Å². The SMILES string of the molecule is CC(C)[C@H]([C@H](CN)CO)N(C)C. The van der Waals surface area contributed by atoms with Gasteiger partial charge in [-0.15, -0.1) is 0 Å². The Morgan fingerprint density at radius 2 is 1.83 bits per heavy atom. The number of hydrogen-bond acceptors (Lipinski definition) is 3. The van der Waals surface area contributed by atoms with Crippen molar-refractivity contribution < 1.29 is 5.11 Å². The molecule has 0 rings (SSSR count). The number of hydrogen-bond donors (Lipinski definition) is 2. The summed E-state index contributed by atoms with van der Waals surface area (Å²) in [6.07, 6.45) is 0. The molecule has 2 atom stereocenters. The molecule has 0 aliphatic rings. The van der Waals surface area contributed by atoms with Gasteiger partial charge >= 0.3 is 0 Å². The van der Waals surface area contributed by atoms with Crippen LogP contribution in [0.5, 0.6) is 0 Å². The molecule has 3 heteroatoms. The summed E-state index contributed by atoms with van der Waals surface area (Å²) in [7, 11) is 4.06. The van der Waals surface area contributed by atoms with E-state index < -0.39 is 0 Å². The first-order valence-electron chi connectivity index (χ1n) is 4.51. The molecule has 0 radical (unpaired) electrons. The normalized spacial score (nSPS) is 17.0. The van der Waals surface area contributed by atoms with Crippen LogP contribution in [-0.2, 0) is 0 Å². The molecule has 0 aromatic carbocycles. The minimum absolute atomic E-state index is 0.178. The molecule has 0 spiro atoms. The van der Waals surface area contributed by atoms with Crippen LogP contribution in [0.25, 0.3) is 0 Å². The number of aliphatic hydroxyl groups is 1. The van der Waals surface area contributed by atoms with Crippen LogP contribution in [0.3, 0.4) is 0 Å². The zero-order valence-corrected chi connectivity index (χ0v) is 8.62. The Morgan fingerprint density at radius 1 is 1.33 bits per heavy atom. The molecule has 3 N–H and O–H groups in total. The summed E-state index contributed by atoms with van der Waals surface area (Å²) in [4.78, 5) is 2.14. The molecule has 0 unspecified atom stereocenters. The molecule has 0 saturated carbocycles. The van der Waals surface area contributed by atoms with Gasteiger partial charge in [-0.2, -0.15) is 0 Å². The Hall–Kier alpha value is -0.120. The fourth-order valence-corrected chi connectivity index (χ4v) is 1.88. The van der Waals surface area contributed by atoms with E-state index in [2.05, 4.69) is 18.7 Å². The molecule has 0 fully saturated rings. The molecule has 12 heavy (non-hydrogen) atoms. The van der Waals surface area contributed by atoms with Gasteiger partial charge in [0, 0.05) is 18.6 Å². The first kappa shape index (κ1) is 11.9. The van der Waals surface area contributed by atoms with E-state index in [1.807, 2.05) is 14.1 Å². The Bertz CT molecular complexity index is 103. The second-order valence-corrected chi connectivity index (χ2v) is 3.88. The van der Waals surface area contributed by atoms with E-state index in [0.717, 1.165) is 0 Å². The van der Waals surface area contributed by atoms with Crippen LogP contribution in [-0.4, -0.2) is 43.3 Å². The zero-order valence-electron chi connectivity index (χ0n) is 8.62. The van der Waals surface area contributed by atoms with Gasteiger partial charge in [0.25, 0.3) is 0 Å². The lowest BCUT2D eigenvalue weighted by atomic mass is 9.90. The van der Waals surface area contributed by atoms with Gasteiger partial charge in [-0.1, -0.05) is 13.8 Å². The van der Waals surface area contributed by atoms with Gasteiger partial charge in [0.05, 0.1) is 0 Å². The van der Waals surface area contributed by atoms with Crippen molar-refractivity contribution in [2.45, 2.75) is 19.9 Å². The maximum Gasteiger partial charge on any atom is 0.0486 e. The zero-order chi connectivity index (χ0) is 9.72. The van der Waals surface area contributed by atoms with Gasteiger partial charge in [-0.3, -0.25) is 0 Å². The van der Waals surface area contributed by atoms with Gasteiger partial charge in [0.15, 0.2) is 0 Å². The van der Waals surface area contributed by atoms with Gasteiger partial charge in [-0.05, 0) is 26.6 Å². The Labute approximate surface area is 75.6 Å². The standard InChI is InChI=1S/C9H22N2O/c1-7(2)9(11(3)4)8(5-10)6-12/h7-9,12H,5-6,10H2,1-4H3/t8-,9-/m1/s1. The molecule has 0 aliphatic heterocycles. The van der Waals surface area contributed by atoms with E-state index >= 15 is 0 Å². The highest BCUT2D eigenvalue weighted by Gasteiger charge is 2.24. The second kappa shape index (κ2) is 5.51. The number of nitrogens with two attached hydrogens (primary N) is 1. The molecule has 0 aromatic rings. The maximum absolute atomic E-state index is 9.09. The average molecular weight is 174 g/mol. The van der Waals surface area contributed by atoms with Crippen molar-refractivity contribution in [2.75, 3.05) is 27.2 Å². The summed E-state index contributed by atoms with van der Waals surface area (Å²) in [6.45, 7) is 5.04. The van der Waals surface area contributed by atoms with Crippen molar-refractivity contribution in [1.29, 1.82) is 0 Å². The van der Waals surface area contributed by atoms with Crippen LogP contribution in [0.4, 0.5) is 0 Å². The van der Waals surface area contributed by atoms with Gasteiger partial charge in [-0.25, -0.2) is 0 Å². The van der Waals surface area contributed by atoms with Crippen molar-refractivity contribution in [3.05, 3.63) is 0 Å². The molecule has 3 nitrogen and oxygen atoms in total. The number of nitrogens with zero attached hydrogens (tertiary/aromatic N) is 1. The second-order valence-electron chi connectivity index (χ2n) is 3.88. The maximum atomic E-state index is 9.09. The van der Waals surface area contributed by atoms with E-state index in [1.54, 1.807) is 0 Å². The van der Waals surface area contributed by atoms with Crippen molar-refractivity contribution in [1.82, 2.24) is 4.90 Å². The van der Waals surface area contributed by atoms with E-state index in [1.165, 1.54) is 0 Å². The van der Waals surface area contributed by atoms with E-state index in [4.69, 9.17) is 10.8 Å². The lowest BCUT2D eigenvalue weighted by molar-refractivity contribution is 0.107. The van der Waals surface area contributed by atoms with Crippen LogP contribution >= 0.6 is 0 Å². The van der Waals surface area contributed by atoms with E-state index in [-0.39, 0.29) is 12.5 Å². The van der Waals surface area contributed by atoms with Crippen LogP contribution in [0.15, 0.2) is 0 Å². The number of rotatable bonds is 5. The lowest BCUT2D eigenvalue weighted by Gasteiger charge is -2.33. The molecule has 0 aromatic heterocycles. The minimum Gasteiger partial charge on any atom is -0.396 e. The average Bonchev–Trinajstić information content (AvgIpc) is 1.98. The summed E-state index contributed by atoms with van der Waals surface area (Å²) in [5.41, 5.74) is 5.57. The first-order chi connectivity index (χ1) is 5.54. The Kier molecular flexibility index (Phi) is 5.46. The summed E-state index contributed by atoms with van der Waals surface area (Å²) in [5, 5.41) is 9.09. The van der Waals surface area contributed by atoms with Crippen molar-refractivity contribution in [3.8, 4) is 0 Å².